The number of aromatic nitrogens is 3. The molecule has 0 saturated carbocycles. The largest absolute Gasteiger partial charge is 0.348 e. The van der Waals surface area contributed by atoms with Crippen LogP contribution in [0.2, 0.25) is 0 Å². The first-order valence-corrected chi connectivity index (χ1v) is 8.63. The Balaban J connectivity index is 1.77. The van der Waals surface area contributed by atoms with E-state index in [0.717, 1.165) is 47.3 Å². The fourth-order valence-corrected chi connectivity index (χ4v) is 3.93. The minimum absolute atomic E-state index is 0.123. The van der Waals surface area contributed by atoms with Crippen LogP contribution in [0.3, 0.4) is 0 Å². The molecule has 0 aliphatic carbocycles. The number of amides is 1. The van der Waals surface area contributed by atoms with Crippen LogP contribution in [0.25, 0.3) is 0 Å². The van der Waals surface area contributed by atoms with Crippen LogP contribution in [0.5, 0.6) is 0 Å². The van der Waals surface area contributed by atoms with Gasteiger partial charge in [0.1, 0.15) is 10.7 Å². The molecule has 0 spiro atoms. The third-order valence-corrected chi connectivity index (χ3v) is 5.56. The van der Waals surface area contributed by atoms with Gasteiger partial charge in [0, 0.05) is 37.3 Å². The van der Waals surface area contributed by atoms with Gasteiger partial charge in [-0.25, -0.2) is 9.97 Å². The molecule has 2 aromatic rings. The highest BCUT2D eigenvalue weighted by Gasteiger charge is 2.29. The lowest BCUT2D eigenvalue weighted by atomic mass is 9.97. The summed E-state index contributed by atoms with van der Waals surface area (Å²) in [5.74, 6) is 1.78. The standard InChI is InChI=1S/C16H22N4OS/c1-10(2)15-19-11(3)13(22-15)16(21)20-8-4-5-12(9-20)14-17-6-7-18-14/h6-7,10,12H,4-5,8-9H2,1-3H3,(H,17,18)/t12-/m1/s1. The van der Waals surface area contributed by atoms with E-state index in [1.807, 2.05) is 18.0 Å². The molecule has 22 heavy (non-hydrogen) atoms. The molecular weight excluding hydrogens is 296 g/mol. The number of imidazole rings is 1. The maximum Gasteiger partial charge on any atom is 0.265 e. The molecular formula is C16H22N4OS. The van der Waals surface area contributed by atoms with E-state index in [9.17, 15) is 4.79 Å². The number of carbonyl (C=O) groups excluding carboxylic acids is 1. The molecule has 2 aromatic heterocycles. The molecule has 1 fully saturated rings. The van der Waals surface area contributed by atoms with Gasteiger partial charge in [0.25, 0.3) is 5.91 Å². The van der Waals surface area contributed by atoms with Crippen molar-refractivity contribution in [2.75, 3.05) is 13.1 Å². The van der Waals surface area contributed by atoms with Crippen molar-refractivity contribution >= 4 is 17.2 Å². The number of carbonyl (C=O) groups is 1. The average molecular weight is 318 g/mol. The van der Waals surface area contributed by atoms with Crippen LogP contribution in [-0.4, -0.2) is 38.8 Å². The number of thiazole rings is 1. The molecule has 1 N–H and O–H groups in total. The van der Waals surface area contributed by atoms with Crippen LogP contribution in [0.1, 0.15) is 64.7 Å². The topological polar surface area (TPSA) is 61.9 Å². The number of aryl methyl sites for hydroxylation is 1. The van der Waals surface area contributed by atoms with Crippen molar-refractivity contribution in [2.45, 2.75) is 45.4 Å². The molecule has 0 aromatic carbocycles. The van der Waals surface area contributed by atoms with Crippen LogP contribution < -0.4 is 0 Å². The Morgan fingerprint density at radius 3 is 2.95 bits per heavy atom. The molecule has 1 atom stereocenters. The molecule has 0 unspecified atom stereocenters. The molecule has 5 nitrogen and oxygen atoms in total. The van der Waals surface area contributed by atoms with Gasteiger partial charge < -0.3 is 9.88 Å². The van der Waals surface area contributed by atoms with Crippen molar-refractivity contribution < 1.29 is 4.79 Å². The van der Waals surface area contributed by atoms with E-state index in [1.165, 1.54) is 0 Å². The van der Waals surface area contributed by atoms with Crippen molar-refractivity contribution in [3.8, 4) is 0 Å². The summed E-state index contributed by atoms with van der Waals surface area (Å²) in [6.45, 7) is 7.72. The maximum atomic E-state index is 12.8. The van der Waals surface area contributed by atoms with E-state index in [2.05, 4.69) is 28.8 Å². The zero-order chi connectivity index (χ0) is 15.7. The van der Waals surface area contributed by atoms with Crippen molar-refractivity contribution in [2.24, 2.45) is 0 Å². The molecule has 0 radical (unpaired) electrons. The summed E-state index contributed by atoms with van der Waals surface area (Å²) in [6, 6.07) is 0. The quantitative estimate of drug-likeness (QED) is 0.944. The van der Waals surface area contributed by atoms with Crippen molar-refractivity contribution in [1.29, 1.82) is 0 Å². The number of aromatic amines is 1. The average Bonchev–Trinajstić information content (AvgIpc) is 3.16. The number of H-pyrrole nitrogens is 1. The summed E-state index contributed by atoms with van der Waals surface area (Å²) in [7, 11) is 0. The number of rotatable bonds is 3. The molecule has 3 heterocycles. The molecule has 1 aliphatic rings. The molecule has 3 rings (SSSR count). The van der Waals surface area contributed by atoms with E-state index in [-0.39, 0.29) is 5.91 Å². The van der Waals surface area contributed by atoms with E-state index in [1.54, 1.807) is 17.5 Å². The van der Waals surface area contributed by atoms with Crippen LogP contribution in [0, 0.1) is 6.92 Å². The zero-order valence-corrected chi connectivity index (χ0v) is 14.1. The van der Waals surface area contributed by atoms with E-state index < -0.39 is 0 Å². The third-order valence-electron chi connectivity index (χ3n) is 4.12. The summed E-state index contributed by atoms with van der Waals surface area (Å²) < 4.78 is 0. The first kappa shape index (κ1) is 15.2. The number of nitrogens with zero attached hydrogens (tertiary/aromatic N) is 3. The summed E-state index contributed by atoms with van der Waals surface area (Å²) >= 11 is 1.54. The monoisotopic (exact) mass is 318 g/mol. The van der Waals surface area contributed by atoms with Gasteiger partial charge in [-0.2, -0.15) is 0 Å². The third kappa shape index (κ3) is 2.92. The first-order chi connectivity index (χ1) is 10.6. The van der Waals surface area contributed by atoms with E-state index >= 15 is 0 Å². The SMILES string of the molecule is Cc1nc(C(C)C)sc1C(=O)N1CCC[C@@H](c2ncc[nH]2)C1. The van der Waals surface area contributed by atoms with Gasteiger partial charge in [0.05, 0.1) is 10.7 Å². The van der Waals surface area contributed by atoms with E-state index in [4.69, 9.17) is 0 Å². The van der Waals surface area contributed by atoms with Gasteiger partial charge in [-0.15, -0.1) is 11.3 Å². The van der Waals surface area contributed by atoms with Crippen molar-refractivity contribution in [1.82, 2.24) is 19.9 Å². The number of hydrogen-bond donors (Lipinski definition) is 1. The van der Waals surface area contributed by atoms with Gasteiger partial charge in [0.15, 0.2) is 0 Å². The minimum Gasteiger partial charge on any atom is -0.348 e. The van der Waals surface area contributed by atoms with Crippen molar-refractivity contribution in [3.05, 3.63) is 33.8 Å². The number of likely N-dealkylation sites (tertiary alicyclic amines) is 1. The predicted octanol–water partition coefficient (Wildman–Crippen LogP) is 3.32. The predicted molar refractivity (Wildman–Crippen MR) is 87.4 cm³/mol. The van der Waals surface area contributed by atoms with Gasteiger partial charge >= 0.3 is 0 Å². The Labute approximate surface area is 134 Å². The number of piperidine rings is 1. The Morgan fingerprint density at radius 2 is 2.32 bits per heavy atom. The lowest BCUT2D eigenvalue weighted by molar-refractivity contribution is 0.0709. The lowest BCUT2D eigenvalue weighted by Crippen LogP contribution is -2.39. The van der Waals surface area contributed by atoms with Gasteiger partial charge in [-0.3, -0.25) is 4.79 Å². The smallest absolute Gasteiger partial charge is 0.265 e. The summed E-state index contributed by atoms with van der Waals surface area (Å²) in [6.07, 6.45) is 5.72. The van der Waals surface area contributed by atoms with Crippen LogP contribution in [0.15, 0.2) is 12.4 Å². The Hall–Kier alpha value is -1.69. The second-order valence-corrected chi connectivity index (χ2v) is 7.22. The number of nitrogens with one attached hydrogen (secondary N) is 1. The minimum atomic E-state index is 0.123. The van der Waals surface area contributed by atoms with E-state index in [0.29, 0.717) is 11.8 Å². The molecule has 6 heteroatoms. The molecule has 1 aliphatic heterocycles. The lowest BCUT2D eigenvalue weighted by Gasteiger charge is -2.31. The van der Waals surface area contributed by atoms with Crippen molar-refractivity contribution in [3.63, 3.8) is 0 Å². The second kappa shape index (κ2) is 6.20. The normalized spacial score (nSPS) is 18.9. The highest BCUT2D eigenvalue weighted by molar-refractivity contribution is 7.13. The summed E-state index contributed by atoms with van der Waals surface area (Å²) in [4.78, 5) is 27.7. The maximum absolute atomic E-state index is 12.8. The summed E-state index contributed by atoms with van der Waals surface area (Å²) in [5.41, 5.74) is 0.860. The second-order valence-electron chi connectivity index (χ2n) is 6.19. The Kier molecular flexibility index (Phi) is 4.29. The van der Waals surface area contributed by atoms with Crippen LogP contribution in [-0.2, 0) is 0 Å². The van der Waals surface area contributed by atoms with Crippen LogP contribution in [0.4, 0.5) is 0 Å². The first-order valence-electron chi connectivity index (χ1n) is 7.82. The molecule has 1 saturated heterocycles. The molecule has 1 amide bonds. The van der Waals surface area contributed by atoms with Crippen LogP contribution >= 0.6 is 11.3 Å². The van der Waals surface area contributed by atoms with Gasteiger partial charge in [-0.1, -0.05) is 13.8 Å². The summed E-state index contributed by atoms with van der Waals surface area (Å²) in [5, 5.41) is 1.04. The zero-order valence-electron chi connectivity index (χ0n) is 13.3. The fraction of sp³-hybridized carbons (Fsp3) is 0.562. The highest BCUT2D eigenvalue weighted by Crippen LogP contribution is 2.29. The van der Waals surface area contributed by atoms with Gasteiger partial charge in [0.2, 0.25) is 0 Å². The van der Waals surface area contributed by atoms with Gasteiger partial charge in [-0.05, 0) is 19.8 Å². The Bertz CT molecular complexity index is 647. The molecule has 118 valence electrons. The molecule has 0 bridgehead atoms. The fourth-order valence-electron chi connectivity index (χ4n) is 2.89. The Morgan fingerprint density at radius 1 is 1.50 bits per heavy atom. The highest BCUT2D eigenvalue weighted by atomic mass is 32.1. The number of hydrogen-bond acceptors (Lipinski definition) is 4.